The molecule has 2 heteroatoms. The van der Waals surface area contributed by atoms with Crippen molar-refractivity contribution < 1.29 is 9.90 Å². The molecule has 15 heavy (non-hydrogen) atoms. The maximum atomic E-state index is 11.3. The number of carbonyl (C=O) groups is 1. The summed E-state index contributed by atoms with van der Waals surface area (Å²) in [5.41, 5.74) is 0. The third kappa shape index (κ3) is 2.04. The standard InChI is InChI=1S/C13H22O2/c1-8-3-5-10-6-4-9(2)12(13(14)15)11(10)7-8/h8-12H,3-7H2,1-2H3,(H,14,15). The molecular formula is C13H22O2. The van der Waals surface area contributed by atoms with E-state index in [9.17, 15) is 9.90 Å². The molecule has 0 aromatic carbocycles. The molecule has 2 fully saturated rings. The molecule has 2 nitrogen and oxygen atoms in total. The molecule has 1 N–H and O–H groups in total. The monoisotopic (exact) mass is 210 g/mol. The van der Waals surface area contributed by atoms with Crippen molar-refractivity contribution in [3.05, 3.63) is 0 Å². The van der Waals surface area contributed by atoms with Gasteiger partial charge in [-0.2, -0.15) is 0 Å². The van der Waals surface area contributed by atoms with Gasteiger partial charge in [-0.05, 0) is 49.4 Å². The van der Waals surface area contributed by atoms with Crippen LogP contribution < -0.4 is 0 Å². The number of aliphatic carboxylic acids is 1. The van der Waals surface area contributed by atoms with Crippen LogP contribution in [0.4, 0.5) is 0 Å². The van der Waals surface area contributed by atoms with Crippen LogP contribution in [0.2, 0.25) is 0 Å². The Morgan fingerprint density at radius 1 is 1.13 bits per heavy atom. The van der Waals surface area contributed by atoms with Gasteiger partial charge in [-0.15, -0.1) is 0 Å². The Morgan fingerprint density at radius 2 is 1.80 bits per heavy atom. The molecule has 2 saturated carbocycles. The molecule has 86 valence electrons. The summed E-state index contributed by atoms with van der Waals surface area (Å²) in [6.07, 6.45) is 6.10. The van der Waals surface area contributed by atoms with Gasteiger partial charge in [-0.3, -0.25) is 4.79 Å². The van der Waals surface area contributed by atoms with Crippen LogP contribution in [0.5, 0.6) is 0 Å². The Hall–Kier alpha value is -0.530. The van der Waals surface area contributed by atoms with Gasteiger partial charge in [0, 0.05) is 0 Å². The second-order valence-electron chi connectivity index (χ2n) is 5.76. The van der Waals surface area contributed by atoms with Crippen molar-refractivity contribution in [1.29, 1.82) is 0 Å². The van der Waals surface area contributed by atoms with Gasteiger partial charge in [0.1, 0.15) is 0 Å². The number of hydrogen-bond acceptors (Lipinski definition) is 1. The molecule has 2 aliphatic rings. The first-order chi connectivity index (χ1) is 7.09. The Morgan fingerprint density at radius 3 is 2.47 bits per heavy atom. The molecule has 0 spiro atoms. The third-order valence-electron chi connectivity index (χ3n) is 4.66. The van der Waals surface area contributed by atoms with Crippen LogP contribution in [0, 0.1) is 29.6 Å². The summed E-state index contributed by atoms with van der Waals surface area (Å²) in [6.45, 7) is 4.39. The first-order valence-electron chi connectivity index (χ1n) is 6.32. The van der Waals surface area contributed by atoms with Gasteiger partial charge in [-0.1, -0.05) is 20.3 Å². The van der Waals surface area contributed by atoms with Crippen LogP contribution >= 0.6 is 0 Å². The minimum atomic E-state index is -0.550. The average molecular weight is 210 g/mol. The smallest absolute Gasteiger partial charge is 0.307 e. The number of rotatable bonds is 1. The Kier molecular flexibility index (Phi) is 3.03. The van der Waals surface area contributed by atoms with E-state index in [0.717, 1.165) is 18.8 Å². The highest BCUT2D eigenvalue weighted by atomic mass is 16.4. The third-order valence-corrected chi connectivity index (χ3v) is 4.66. The molecule has 5 unspecified atom stereocenters. The first kappa shape index (κ1) is 11.0. The normalized spacial score (nSPS) is 45.9. The molecule has 0 bridgehead atoms. The highest BCUT2D eigenvalue weighted by Gasteiger charge is 2.43. The van der Waals surface area contributed by atoms with Crippen molar-refractivity contribution in [1.82, 2.24) is 0 Å². The van der Waals surface area contributed by atoms with E-state index in [2.05, 4.69) is 13.8 Å². The molecule has 0 aliphatic heterocycles. The van der Waals surface area contributed by atoms with E-state index in [4.69, 9.17) is 0 Å². The summed E-state index contributed by atoms with van der Waals surface area (Å²) in [5.74, 6) is 1.68. The first-order valence-corrected chi connectivity index (χ1v) is 6.32. The quantitative estimate of drug-likeness (QED) is 0.721. The minimum absolute atomic E-state index is 0.0634. The van der Waals surface area contributed by atoms with Crippen molar-refractivity contribution in [3.8, 4) is 0 Å². The summed E-state index contributed by atoms with van der Waals surface area (Å²) in [5, 5.41) is 9.33. The zero-order valence-corrected chi connectivity index (χ0v) is 9.78. The van der Waals surface area contributed by atoms with Gasteiger partial charge in [0.25, 0.3) is 0 Å². The fraction of sp³-hybridized carbons (Fsp3) is 0.923. The zero-order chi connectivity index (χ0) is 11.0. The van der Waals surface area contributed by atoms with Gasteiger partial charge in [0.15, 0.2) is 0 Å². The summed E-state index contributed by atoms with van der Waals surface area (Å²) in [4.78, 5) is 11.3. The van der Waals surface area contributed by atoms with Crippen molar-refractivity contribution in [2.24, 2.45) is 29.6 Å². The number of fused-ring (bicyclic) bond motifs is 1. The minimum Gasteiger partial charge on any atom is -0.481 e. The van der Waals surface area contributed by atoms with Gasteiger partial charge in [0.2, 0.25) is 0 Å². The lowest BCUT2D eigenvalue weighted by Gasteiger charge is -2.44. The zero-order valence-electron chi connectivity index (χ0n) is 9.78. The van der Waals surface area contributed by atoms with E-state index < -0.39 is 5.97 Å². The number of hydrogen-bond donors (Lipinski definition) is 1. The lowest BCUT2D eigenvalue weighted by atomic mass is 9.60. The van der Waals surface area contributed by atoms with Crippen molar-refractivity contribution in [2.45, 2.75) is 46.0 Å². The lowest BCUT2D eigenvalue weighted by Crippen LogP contribution is -2.41. The largest absolute Gasteiger partial charge is 0.481 e. The highest BCUT2D eigenvalue weighted by Crippen LogP contribution is 2.47. The van der Waals surface area contributed by atoms with Crippen LogP contribution in [0.25, 0.3) is 0 Å². The van der Waals surface area contributed by atoms with Gasteiger partial charge in [0.05, 0.1) is 5.92 Å². The Bertz CT molecular complexity index is 247. The lowest BCUT2D eigenvalue weighted by molar-refractivity contribution is -0.150. The van der Waals surface area contributed by atoms with Crippen molar-refractivity contribution >= 4 is 5.97 Å². The maximum absolute atomic E-state index is 11.3. The summed E-state index contributed by atoms with van der Waals surface area (Å²) >= 11 is 0. The molecule has 0 aromatic heterocycles. The summed E-state index contributed by atoms with van der Waals surface area (Å²) in [6, 6.07) is 0. The van der Waals surface area contributed by atoms with E-state index in [0.29, 0.717) is 17.8 Å². The number of carboxylic acid groups (broad SMARTS) is 1. The molecule has 2 rings (SSSR count). The molecule has 0 radical (unpaired) electrons. The van der Waals surface area contributed by atoms with E-state index in [1.165, 1.54) is 19.3 Å². The SMILES string of the molecule is CC1CCC2CCC(C)C(C(=O)O)C2C1. The van der Waals surface area contributed by atoms with E-state index in [-0.39, 0.29) is 5.92 Å². The van der Waals surface area contributed by atoms with Gasteiger partial charge >= 0.3 is 5.97 Å². The van der Waals surface area contributed by atoms with Gasteiger partial charge < -0.3 is 5.11 Å². The van der Waals surface area contributed by atoms with Crippen LogP contribution in [0.3, 0.4) is 0 Å². The molecular weight excluding hydrogens is 188 g/mol. The highest BCUT2D eigenvalue weighted by molar-refractivity contribution is 5.71. The van der Waals surface area contributed by atoms with Crippen LogP contribution in [0.1, 0.15) is 46.0 Å². The average Bonchev–Trinajstić information content (AvgIpc) is 2.16. The van der Waals surface area contributed by atoms with Crippen molar-refractivity contribution in [2.75, 3.05) is 0 Å². The molecule has 0 heterocycles. The molecule has 5 atom stereocenters. The topological polar surface area (TPSA) is 37.3 Å². The Labute approximate surface area is 92.1 Å². The Balaban J connectivity index is 2.15. The van der Waals surface area contributed by atoms with Gasteiger partial charge in [-0.25, -0.2) is 0 Å². The van der Waals surface area contributed by atoms with E-state index in [1.807, 2.05) is 0 Å². The predicted octanol–water partition coefficient (Wildman–Crippen LogP) is 3.17. The second-order valence-corrected chi connectivity index (χ2v) is 5.76. The van der Waals surface area contributed by atoms with E-state index >= 15 is 0 Å². The maximum Gasteiger partial charge on any atom is 0.307 e. The molecule has 2 aliphatic carbocycles. The molecule has 0 saturated heterocycles. The fourth-order valence-corrected chi connectivity index (χ4v) is 3.79. The van der Waals surface area contributed by atoms with Crippen molar-refractivity contribution in [3.63, 3.8) is 0 Å². The number of carboxylic acids is 1. The molecule has 0 aromatic rings. The summed E-state index contributed by atoms with van der Waals surface area (Å²) in [7, 11) is 0. The fourth-order valence-electron chi connectivity index (χ4n) is 3.79. The van der Waals surface area contributed by atoms with Crippen LogP contribution in [-0.2, 0) is 4.79 Å². The van der Waals surface area contributed by atoms with Crippen LogP contribution in [0.15, 0.2) is 0 Å². The predicted molar refractivity (Wildman–Crippen MR) is 59.5 cm³/mol. The van der Waals surface area contributed by atoms with Crippen LogP contribution in [-0.4, -0.2) is 11.1 Å². The second kappa shape index (κ2) is 4.15. The molecule has 0 amide bonds. The summed E-state index contributed by atoms with van der Waals surface area (Å²) < 4.78 is 0. The van der Waals surface area contributed by atoms with E-state index in [1.54, 1.807) is 0 Å².